The average Bonchev–Trinajstić information content (AvgIpc) is 2.98. The van der Waals surface area contributed by atoms with Gasteiger partial charge in [0.25, 0.3) is 0 Å². The lowest BCUT2D eigenvalue weighted by Gasteiger charge is -2.15. The molecular weight excluding hydrogens is 256 g/mol. The number of hydrogen-bond donors (Lipinski definition) is 1. The Hall–Kier alpha value is -1.75. The van der Waals surface area contributed by atoms with Gasteiger partial charge >= 0.3 is 0 Å². The molecule has 5 heteroatoms. The number of ether oxygens (including phenoxy) is 2. The van der Waals surface area contributed by atoms with Crippen molar-refractivity contribution in [2.75, 3.05) is 39.2 Å². The Kier molecular flexibility index (Phi) is 5.24. The van der Waals surface area contributed by atoms with E-state index in [1.807, 2.05) is 0 Å². The fraction of sp³-hybridized carbons (Fsp3) is 0.533. The number of nitrogens with one attached hydrogen (secondary N) is 1. The van der Waals surface area contributed by atoms with E-state index in [2.05, 4.69) is 10.2 Å². The number of carbonyl (C=O) groups excluding carboxylic acids is 1. The van der Waals surface area contributed by atoms with Gasteiger partial charge in [0.05, 0.1) is 19.9 Å². The summed E-state index contributed by atoms with van der Waals surface area (Å²) in [5, 5.41) is 2.89. The Bertz CT molecular complexity index is 456. The molecule has 1 amide bonds. The highest BCUT2D eigenvalue weighted by Gasteiger charge is 2.14. The summed E-state index contributed by atoms with van der Waals surface area (Å²) in [6.07, 6.45) is 2.98. The molecule has 1 fully saturated rings. The number of rotatable bonds is 6. The summed E-state index contributed by atoms with van der Waals surface area (Å²) < 4.78 is 10.4. The van der Waals surface area contributed by atoms with Crippen molar-refractivity contribution in [3.8, 4) is 11.5 Å². The lowest BCUT2D eigenvalue weighted by molar-refractivity contribution is -0.116. The molecule has 1 aliphatic rings. The summed E-state index contributed by atoms with van der Waals surface area (Å²) in [5.74, 6) is 1.34. The fourth-order valence-corrected chi connectivity index (χ4v) is 2.39. The van der Waals surface area contributed by atoms with Crippen molar-refractivity contribution in [2.45, 2.75) is 19.3 Å². The van der Waals surface area contributed by atoms with Crippen LogP contribution in [-0.4, -0.2) is 44.7 Å². The highest BCUT2D eigenvalue weighted by atomic mass is 16.5. The minimum Gasteiger partial charge on any atom is -0.497 e. The molecule has 0 atom stereocenters. The van der Waals surface area contributed by atoms with E-state index in [0.29, 0.717) is 23.6 Å². The highest BCUT2D eigenvalue weighted by Crippen LogP contribution is 2.28. The first kappa shape index (κ1) is 14.7. The normalized spacial score (nSPS) is 15.1. The third-order valence-electron chi connectivity index (χ3n) is 3.53. The van der Waals surface area contributed by atoms with Crippen LogP contribution in [-0.2, 0) is 4.79 Å². The second-order valence-corrected chi connectivity index (χ2v) is 4.91. The topological polar surface area (TPSA) is 50.8 Å². The molecule has 110 valence electrons. The number of anilines is 1. The molecule has 2 rings (SSSR count). The lowest BCUT2D eigenvalue weighted by atomic mass is 10.2. The van der Waals surface area contributed by atoms with Gasteiger partial charge in [0, 0.05) is 19.0 Å². The maximum atomic E-state index is 12.0. The van der Waals surface area contributed by atoms with Crippen molar-refractivity contribution in [3.63, 3.8) is 0 Å². The third-order valence-corrected chi connectivity index (χ3v) is 3.53. The van der Waals surface area contributed by atoms with Crippen LogP contribution in [0.5, 0.6) is 11.5 Å². The Morgan fingerprint density at radius 1 is 1.25 bits per heavy atom. The Labute approximate surface area is 119 Å². The monoisotopic (exact) mass is 278 g/mol. The van der Waals surface area contributed by atoms with E-state index < -0.39 is 0 Å². The zero-order chi connectivity index (χ0) is 14.4. The predicted octanol–water partition coefficient (Wildman–Crippen LogP) is 2.13. The molecule has 1 aromatic rings. The molecule has 0 saturated carbocycles. The van der Waals surface area contributed by atoms with Gasteiger partial charge in [-0.05, 0) is 38.1 Å². The van der Waals surface area contributed by atoms with Crippen LogP contribution in [0.3, 0.4) is 0 Å². The molecule has 20 heavy (non-hydrogen) atoms. The number of hydrogen-bond acceptors (Lipinski definition) is 4. The van der Waals surface area contributed by atoms with Crippen molar-refractivity contribution in [3.05, 3.63) is 18.2 Å². The second kappa shape index (κ2) is 7.14. The average molecular weight is 278 g/mol. The van der Waals surface area contributed by atoms with Crippen molar-refractivity contribution in [2.24, 2.45) is 0 Å². The van der Waals surface area contributed by atoms with E-state index in [1.165, 1.54) is 12.8 Å². The van der Waals surface area contributed by atoms with Crippen molar-refractivity contribution in [1.29, 1.82) is 0 Å². The molecule has 0 unspecified atom stereocenters. The van der Waals surface area contributed by atoms with E-state index in [4.69, 9.17) is 9.47 Å². The van der Waals surface area contributed by atoms with Gasteiger partial charge in [0.15, 0.2) is 0 Å². The Morgan fingerprint density at radius 3 is 2.65 bits per heavy atom. The molecule has 0 bridgehead atoms. The number of benzene rings is 1. The maximum Gasteiger partial charge on any atom is 0.225 e. The standard InChI is InChI=1S/C15H22N2O3/c1-19-12-5-6-14(20-2)13(11-12)16-15(18)7-10-17-8-3-4-9-17/h5-6,11H,3-4,7-10H2,1-2H3,(H,16,18). The predicted molar refractivity (Wildman–Crippen MR) is 78.5 cm³/mol. The number of nitrogens with zero attached hydrogens (tertiary/aromatic N) is 1. The molecule has 1 aromatic carbocycles. The van der Waals surface area contributed by atoms with Crippen LogP contribution in [0.1, 0.15) is 19.3 Å². The van der Waals surface area contributed by atoms with E-state index in [-0.39, 0.29) is 5.91 Å². The molecule has 0 radical (unpaired) electrons. The van der Waals surface area contributed by atoms with Crippen LogP contribution in [0.2, 0.25) is 0 Å². The van der Waals surface area contributed by atoms with E-state index in [9.17, 15) is 4.79 Å². The van der Waals surface area contributed by atoms with Crippen LogP contribution < -0.4 is 14.8 Å². The van der Waals surface area contributed by atoms with Gasteiger partial charge in [0.2, 0.25) is 5.91 Å². The van der Waals surface area contributed by atoms with Crippen LogP contribution in [0, 0.1) is 0 Å². The molecular formula is C15H22N2O3. The minimum atomic E-state index is 0.00320. The lowest BCUT2D eigenvalue weighted by Crippen LogP contribution is -2.25. The van der Waals surface area contributed by atoms with Gasteiger partial charge in [-0.3, -0.25) is 4.79 Å². The van der Waals surface area contributed by atoms with Crippen LogP contribution in [0.15, 0.2) is 18.2 Å². The van der Waals surface area contributed by atoms with Gasteiger partial charge < -0.3 is 19.7 Å². The van der Waals surface area contributed by atoms with Gasteiger partial charge in [-0.15, -0.1) is 0 Å². The van der Waals surface area contributed by atoms with Crippen LogP contribution in [0.4, 0.5) is 5.69 Å². The molecule has 1 aliphatic heterocycles. The van der Waals surface area contributed by atoms with E-state index >= 15 is 0 Å². The first-order valence-corrected chi connectivity index (χ1v) is 6.97. The molecule has 0 spiro atoms. The fourth-order valence-electron chi connectivity index (χ4n) is 2.39. The largest absolute Gasteiger partial charge is 0.497 e. The molecule has 1 heterocycles. The van der Waals surface area contributed by atoms with Crippen molar-refractivity contribution < 1.29 is 14.3 Å². The molecule has 0 aliphatic carbocycles. The zero-order valence-corrected chi connectivity index (χ0v) is 12.1. The van der Waals surface area contributed by atoms with E-state index in [0.717, 1.165) is 19.6 Å². The summed E-state index contributed by atoms with van der Waals surface area (Å²) in [4.78, 5) is 14.3. The molecule has 1 saturated heterocycles. The molecule has 0 aromatic heterocycles. The van der Waals surface area contributed by atoms with Gasteiger partial charge in [-0.2, -0.15) is 0 Å². The summed E-state index contributed by atoms with van der Waals surface area (Å²) >= 11 is 0. The smallest absolute Gasteiger partial charge is 0.225 e. The number of likely N-dealkylation sites (tertiary alicyclic amines) is 1. The minimum absolute atomic E-state index is 0.00320. The highest BCUT2D eigenvalue weighted by molar-refractivity contribution is 5.92. The van der Waals surface area contributed by atoms with Crippen molar-refractivity contribution >= 4 is 11.6 Å². The summed E-state index contributed by atoms with van der Waals surface area (Å²) in [5.41, 5.74) is 0.651. The SMILES string of the molecule is COc1ccc(OC)c(NC(=O)CCN2CCCC2)c1. The Balaban J connectivity index is 1.91. The quantitative estimate of drug-likeness (QED) is 0.866. The van der Waals surface area contributed by atoms with Crippen LogP contribution >= 0.6 is 0 Å². The van der Waals surface area contributed by atoms with Crippen molar-refractivity contribution in [1.82, 2.24) is 4.90 Å². The van der Waals surface area contributed by atoms with Gasteiger partial charge in [-0.25, -0.2) is 0 Å². The number of carbonyl (C=O) groups is 1. The first-order chi connectivity index (χ1) is 9.72. The Morgan fingerprint density at radius 2 is 2.00 bits per heavy atom. The summed E-state index contributed by atoms with van der Waals surface area (Å²) in [6, 6.07) is 5.36. The van der Waals surface area contributed by atoms with Gasteiger partial charge in [0.1, 0.15) is 11.5 Å². The second-order valence-electron chi connectivity index (χ2n) is 4.91. The number of amides is 1. The first-order valence-electron chi connectivity index (χ1n) is 6.97. The van der Waals surface area contributed by atoms with Crippen LogP contribution in [0.25, 0.3) is 0 Å². The zero-order valence-electron chi connectivity index (χ0n) is 12.1. The molecule has 1 N–H and O–H groups in total. The summed E-state index contributed by atoms with van der Waals surface area (Å²) in [6.45, 7) is 3.03. The summed E-state index contributed by atoms with van der Waals surface area (Å²) in [7, 11) is 3.18. The number of methoxy groups -OCH3 is 2. The maximum absolute atomic E-state index is 12.0. The van der Waals surface area contributed by atoms with Gasteiger partial charge in [-0.1, -0.05) is 0 Å². The molecule has 5 nitrogen and oxygen atoms in total. The third kappa shape index (κ3) is 3.87. The van der Waals surface area contributed by atoms with E-state index in [1.54, 1.807) is 32.4 Å².